The van der Waals surface area contributed by atoms with Crippen molar-refractivity contribution < 1.29 is 9.53 Å². The Kier molecular flexibility index (Phi) is 7.42. The van der Waals surface area contributed by atoms with Crippen LogP contribution in [0.15, 0.2) is 0 Å². The van der Waals surface area contributed by atoms with Crippen molar-refractivity contribution in [1.29, 1.82) is 0 Å². The van der Waals surface area contributed by atoms with E-state index < -0.39 is 0 Å². The average Bonchev–Trinajstić information content (AvgIpc) is 2.17. The van der Waals surface area contributed by atoms with Gasteiger partial charge in [0.2, 0.25) is 5.91 Å². The molecule has 84 valence electrons. The van der Waals surface area contributed by atoms with Crippen LogP contribution in [-0.2, 0) is 9.53 Å². The molecule has 0 aromatic rings. The van der Waals surface area contributed by atoms with Gasteiger partial charge in [0, 0.05) is 20.2 Å². The molecule has 4 heteroatoms. The Morgan fingerprint density at radius 2 is 2.14 bits per heavy atom. The lowest BCUT2D eigenvalue weighted by molar-refractivity contribution is -0.122. The third kappa shape index (κ3) is 5.19. The number of amides is 1. The second kappa shape index (κ2) is 7.76. The first-order chi connectivity index (χ1) is 6.65. The first kappa shape index (κ1) is 13.4. The van der Waals surface area contributed by atoms with E-state index in [1.165, 1.54) is 0 Å². The number of hydrogen-bond donors (Lipinski definition) is 2. The lowest BCUT2D eigenvalue weighted by atomic mass is 10.1. The van der Waals surface area contributed by atoms with Crippen LogP contribution in [-0.4, -0.2) is 38.8 Å². The molecule has 0 saturated heterocycles. The molecule has 4 nitrogen and oxygen atoms in total. The first-order valence-corrected chi connectivity index (χ1v) is 5.12. The van der Waals surface area contributed by atoms with E-state index in [1.807, 2.05) is 6.92 Å². The lowest BCUT2D eigenvalue weighted by Crippen LogP contribution is -2.47. The van der Waals surface area contributed by atoms with Crippen molar-refractivity contribution in [2.75, 3.05) is 20.8 Å². The van der Waals surface area contributed by atoms with Crippen LogP contribution in [0.25, 0.3) is 0 Å². The molecular weight excluding hydrogens is 180 g/mol. The smallest absolute Gasteiger partial charge is 0.236 e. The third-order valence-electron chi connectivity index (χ3n) is 2.13. The molecule has 2 unspecified atom stereocenters. The summed E-state index contributed by atoms with van der Waals surface area (Å²) in [4.78, 5) is 11.2. The first-order valence-electron chi connectivity index (χ1n) is 5.12. The van der Waals surface area contributed by atoms with Gasteiger partial charge in [0.25, 0.3) is 0 Å². The van der Waals surface area contributed by atoms with E-state index in [4.69, 9.17) is 4.74 Å². The molecule has 0 fully saturated rings. The molecule has 0 aliphatic rings. The summed E-state index contributed by atoms with van der Waals surface area (Å²) in [5, 5.41) is 5.84. The quantitative estimate of drug-likeness (QED) is 0.633. The minimum absolute atomic E-state index is 0.0159. The normalized spacial score (nSPS) is 14.9. The predicted octanol–water partition coefficient (Wildman–Crippen LogP) is 0.526. The summed E-state index contributed by atoms with van der Waals surface area (Å²) < 4.78 is 5.08. The summed E-state index contributed by atoms with van der Waals surface area (Å²) in [6.07, 6.45) is 2.11. The van der Waals surface area contributed by atoms with E-state index in [0.717, 1.165) is 12.8 Å². The standard InChI is InChI=1S/C10H22N2O2/c1-5-6-9(7-14-4)12-8(2)10(13)11-3/h8-9,12H,5-7H2,1-4H3,(H,11,13). The van der Waals surface area contributed by atoms with Crippen molar-refractivity contribution in [3.05, 3.63) is 0 Å². The minimum atomic E-state index is -0.160. The highest BCUT2D eigenvalue weighted by atomic mass is 16.5. The highest BCUT2D eigenvalue weighted by Crippen LogP contribution is 1.98. The summed E-state index contributed by atoms with van der Waals surface area (Å²) in [6, 6.07) is 0.101. The molecule has 0 aromatic heterocycles. The lowest BCUT2D eigenvalue weighted by Gasteiger charge is -2.21. The molecule has 0 radical (unpaired) electrons. The van der Waals surface area contributed by atoms with Crippen molar-refractivity contribution >= 4 is 5.91 Å². The zero-order chi connectivity index (χ0) is 11.0. The van der Waals surface area contributed by atoms with E-state index in [-0.39, 0.29) is 18.0 Å². The molecule has 0 rings (SSSR count). The van der Waals surface area contributed by atoms with E-state index >= 15 is 0 Å². The van der Waals surface area contributed by atoms with Gasteiger partial charge in [-0.05, 0) is 13.3 Å². The fourth-order valence-corrected chi connectivity index (χ4v) is 1.41. The van der Waals surface area contributed by atoms with Crippen molar-refractivity contribution in [2.24, 2.45) is 0 Å². The maximum Gasteiger partial charge on any atom is 0.236 e. The maximum absolute atomic E-state index is 11.2. The molecule has 14 heavy (non-hydrogen) atoms. The van der Waals surface area contributed by atoms with Gasteiger partial charge in [0.15, 0.2) is 0 Å². The number of likely N-dealkylation sites (N-methyl/N-ethyl adjacent to an activating group) is 1. The Bertz CT molecular complexity index is 156. The van der Waals surface area contributed by atoms with E-state index in [0.29, 0.717) is 6.61 Å². The predicted molar refractivity (Wildman–Crippen MR) is 57.2 cm³/mol. The van der Waals surface area contributed by atoms with Crippen LogP contribution in [0.3, 0.4) is 0 Å². The highest BCUT2D eigenvalue weighted by Gasteiger charge is 2.15. The van der Waals surface area contributed by atoms with Gasteiger partial charge >= 0.3 is 0 Å². The number of methoxy groups -OCH3 is 1. The number of rotatable bonds is 7. The Labute approximate surface area is 86.4 Å². The number of hydrogen-bond acceptors (Lipinski definition) is 3. The maximum atomic E-state index is 11.2. The number of carbonyl (C=O) groups is 1. The van der Waals surface area contributed by atoms with Crippen LogP contribution in [0.2, 0.25) is 0 Å². The van der Waals surface area contributed by atoms with Crippen molar-refractivity contribution in [3.63, 3.8) is 0 Å². The number of carbonyl (C=O) groups excluding carboxylic acids is 1. The van der Waals surface area contributed by atoms with Crippen molar-refractivity contribution in [1.82, 2.24) is 10.6 Å². The van der Waals surface area contributed by atoms with Gasteiger partial charge in [-0.15, -0.1) is 0 Å². The minimum Gasteiger partial charge on any atom is -0.383 e. The van der Waals surface area contributed by atoms with Crippen molar-refractivity contribution in [3.8, 4) is 0 Å². The molecule has 0 heterocycles. The molecule has 1 amide bonds. The Hall–Kier alpha value is -0.610. The Balaban J connectivity index is 3.94. The second-order valence-corrected chi connectivity index (χ2v) is 3.44. The molecule has 2 N–H and O–H groups in total. The summed E-state index contributed by atoms with van der Waals surface area (Å²) in [7, 11) is 3.32. The topological polar surface area (TPSA) is 50.4 Å². The van der Waals surface area contributed by atoms with Crippen LogP contribution < -0.4 is 10.6 Å². The van der Waals surface area contributed by atoms with Gasteiger partial charge in [0.1, 0.15) is 0 Å². The monoisotopic (exact) mass is 202 g/mol. The third-order valence-corrected chi connectivity index (χ3v) is 2.13. The molecule has 2 atom stereocenters. The zero-order valence-electron chi connectivity index (χ0n) is 9.59. The van der Waals surface area contributed by atoms with E-state index in [9.17, 15) is 4.79 Å². The van der Waals surface area contributed by atoms with E-state index in [2.05, 4.69) is 17.6 Å². The largest absolute Gasteiger partial charge is 0.383 e. The second-order valence-electron chi connectivity index (χ2n) is 3.44. The van der Waals surface area contributed by atoms with Crippen LogP contribution in [0, 0.1) is 0 Å². The summed E-state index contributed by atoms with van der Waals surface area (Å²) in [5.74, 6) is 0.0159. The van der Waals surface area contributed by atoms with E-state index in [1.54, 1.807) is 14.2 Å². The molecule has 0 bridgehead atoms. The average molecular weight is 202 g/mol. The Morgan fingerprint density at radius 3 is 2.57 bits per heavy atom. The van der Waals surface area contributed by atoms with Gasteiger partial charge < -0.3 is 15.4 Å². The van der Waals surface area contributed by atoms with Crippen LogP contribution >= 0.6 is 0 Å². The van der Waals surface area contributed by atoms with Crippen LogP contribution in [0.5, 0.6) is 0 Å². The summed E-state index contributed by atoms with van der Waals surface area (Å²) >= 11 is 0. The van der Waals surface area contributed by atoms with Gasteiger partial charge in [-0.3, -0.25) is 4.79 Å². The Morgan fingerprint density at radius 1 is 1.50 bits per heavy atom. The highest BCUT2D eigenvalue weighted by molar-refractivity contribution is 5.80. The van der Waals surface area contributed by atoms with Gasteiger partial charge in [-0.1, -0.05) is 13.3 Å². The zero-order valence-corrected chi connectivity index (χ0v) is 9.59. The van der Waals surface area contributed by atoms with Crippen LogP contribution in [0.1, 0.15) is 26.7 Å². The fourth-order valence-electron chi connectivity index (χ4n) is 1.41. The molecular formula is C10H22N2O2. The summed E-state index contributed by atoms with van der Waals surface area (Å²) in [5.41, 5.74) is 0. The van der Waals surface area contributed by atoms with Gasteiger partial charge in [0.05, 0.1) is 12.6 Å². The summed E-state index contributed by atoms with van der Waals surface area (Å²) in [6.45, 7) is 4.63. The number of nitrogens with one attached hydrogen (secondary N) is 2. The molecule has 0 aliphatic heterocycles. The molecule has 0 spiro atoms. The number of ether oxygens (including phenoxy) is 1. The van der Waals surface area contributed by atoms with Gasteiger partial charge in [-0.2, -0.15) is 0 Å². The molecule has 0 saturated carbocycles. The SMILES string of the molecule is CCCC(COC)NC(C)C(=O)NC. The van der Waals surface area contributed by atoms with Crippen LogP contribution in [0.4, 0.5) is 0 Å². The van der Waals surface area contributed by atoms with Crippen molar-refractivity contribution in [2.45, 2.75) is 38.8 Å². The molecule has 0 aromatic carbocycles. The molecule has 0 aliphatic carbocycles. The van der Waals surface area contributed by atoms with Gasteiger partial charge in [-0.25, -0.2) is 0 Å². The fraction of sp³-hybridized carbons (Fsp3) is 0.900.